The Morgan fingerprint density at radius 2 is 2.06 bits per heavy atom. The molecule has 0 aliphatic heterocycles. The van der Waals surface area contributed by atoms with Crippen LogP contribution in [0.2, 0.25) is 0 Å². The van der Waals surface area contributed by atoms with E-state index in [2.05, 4.69) is 17.5 Å². The maximum atomic E-state index is 12.1. The van der Waals surface area contributed by atoms with Crippen molar-refractivity contribution in [3.8, 4) is 0 Å². The highest BCUT2D eigenvalue weighted by Gasteiger charge is 2.46. The lowest BCUT2D eigenvalue weighted by Gasteiger charge is -2.38. The second-order valence-corrected chi connectivity index (χ2v) is 6.04. The summed E-state index contributed by atoms with van der Waals surface area (Å²) in [5.74, 6) is 0.326. The van der Waals surface area contributed by atoms with E-state index in [1.165, 1.54) is 0 Å². The summed E-state index contributed by atoms with van der Waals surface area (Å²) in [6.45, 7) is 0.304. The quantitative estimate of drug-likeness (QED) is 0.743. The molecule has 0 spiro atoms. The van der Waals surface area contributed by atoms with E-state index in [9.17, 15) is 14.7 Å². The molecule has 3 aliphatic rings. The molecule has 0 radical (unpaired) electrons. The molecule has 0 heterocycles. The number of amides is 1. The number of aliphatic carboxylic acids is 1. The average molecular weight is 249 g/mol. The van der Waals surface area contributed by atoms with Crippen LogP contribution in [-0.2, 0) is 9.59 Å². The Balaban J connectivity index is 1.56. The van der Waals surface area contributed by atoms with E-state index >= 15 is 0 Å². The van der Waals surface area contributed by atoms with Crippen LogP contribution >= 0.6 is 0 Å². The summed E-state index contributed by atoms with van der Waals surface area (Å²) in [5.41, 5.74) is -0.677. The molecule has 3 atom stereocenters. The third-order valence-corrected chi connectivity index (χ3v) is 4.98. The molecule has 2 fully saturated rings. The summed E-state index contributed by atoms with van der Waals surface area (Å²) in [4.78, 5) is 23.3. The fraction of sp³-hybridized carbons (Fsp3) is 0.714. The molecule has 3 aliphatic carbocycles. The predicted molar refractivity (Wildman–Crippen MR) is 65.8 cm³/mol. The number of fused-ring (bicyclic) bond motifs is 2. The van der Waals surface area contributed by atoms with Gasteiger partial charge in [-0.1, -0.05) is 18.6 Å². The highest BCUT2D eigenvalue weighted by molar-refractivity contribution is 5.82. The number of hydrogen-bond donors (Lipinski definition) is 2. The first-order chi connectivity index (χ1) is 8.61. The van der Waals surface area contributed by atoms with Gasteiger partial charge in [-0.3, -0.25) is 9.59 Å². The van der Waals surface area contributed by atoms with Gasteiger partial charge in [0.1, 0.15) is 0 Å². The van der Waals surface area contributed by atoms with Gasteiger partial charge in [0, 0.05) is 12.5 Å². The van der Waals surface area contributed by atoms with Crippen LogP contribution in [0.4, 0.5) is 0 Å². The number of carboxylic acids is 1. The van der Waals surface area contributed by atoms with Gasteiger partial charge in [0.15, 0.2) is 0 Å². The number of hydrogen-bond acceptors (Lipinski definition) is 2. The van der Waals surface area contributed by atoms with Crippen LogP contribution in [-0.4, -0.2) is 23.5 Å². The maximum Gasteiger partial charge on any atom is 0.311 e. The number of carbonyl (C=O) groups is 2. The largest absolute Gasteiger partial charge is 0.481 e. The lowest BCUT2D eigenvalue weighted by molar-refractivity contribution is -0.154. The zero-order valence-corrected chi connectivity index (χ0v) is 10.4. The summed E-state index contributed by atoms with van der Waals surface area (Å²) in [6, 6.07) is 0. The third-order valence-electron chi connectivity index (χ3n) is 4.98. The zero-order valence-electron chi connectivity index (χ0n) is 10.4. The van der Waals surface area contributed by atoms with Gasteiger partial charge < -0.3 is 10.4 Å². The van der Waals surface area contributed by atoms with Gasteiger partial charge in [0.05, 0.1) is 5.41 Å². The van der Waals surface area contributed by atoms with E-state index < -0.39 is 11.4 Å². The number of nitrogens with one attached hydrogen (secondary N) is 1. The van der Waals surface area contributed by atoms with Gasteiger partial charge >= 0.3 is 5.97 Å². The molecule has 18 heavy (non-hydrogen) atoms. The minimum absolute atomic E-state index is 0.0550. The van der Waals surface area contributed by atoms with Gasteiger partial charge in [-0.05, 0) is 37.5 Å². The molecular formula is C14H19NO3. The van der Waals surface area contributed by atoms with Crippen molar-refractivity contribution >= 4 is 11.9 Å². The highest BCUT2D eigenvalue weighted by atomic mass is 16.4. The van der Waals surface area contributed by atoms with Crippen molar-refractivity contribution in [2.75, 3.05) is 6.54 Å². The Labute approximate surface area is 106 Å². The Bertz CT molecular complexity index is 411. The smallest absolute Gasteiger partial charge is 0.311 e. The molecule has 2 bridgehead atoms. The van der Waals surface area contributed by atoms with Crippen LogP contribution in [0, 0.1) is 23.2 Å². The molecule has 2 saturated carbocycles. The zero-order chi connectivity index (χ0) is 12.8. The van der Waals surface area contributed by atoms with Crippen molar-refractivity contribution in [2.45, 2.75) is 32.1 Å². The topological polar surface area (TPSA) is 66.4 Å². The minimum atomic E-state index is -0.762. The van der Waals surface area contributed by atoms with Crippen molar-refractivity contribution in [2.24, 2.45) is 23.2 Å². The van der Waals surface area contributed by atoms with Crippen LogP contribution in [0.1, 0.15) is 32.1 Å². The van der Waals surface area contributed by atoms with Crippen molar-refractivity contribution in [1.82, 2.24) is 5.32 Å². The number of rotatable bonds is 4. The minimum Gasteiger partial charge on any atom is -0.481 e. The second-order valence-electron chi connectivity index (χ2n) is 6.04. The van der Waals surface area contributed by atoms with E-state index in [-0.39, 0.29) is 11.8 Å². The number of carbonyl (C=O) groups excluding carboxylic acids is 1. The lowest BCUT2D eigenvalue weighted by atomic mass is 9.68. The van der Waals surface area contributed by atoms with Crippen LogP contribution in [0.5, 0.6) is 0 Å². The lowest BCUT2D eigenvalue weighted by Crippen LogP contribution is -2.49. The predicted octanol–water partition coefficient (Wildman–Crippen LogP) is 1.57. The monoisotopic (exact) mass is 249 g/mol. The van der Waals surface area contributed by atoms with Crippen molar-refractivity contribution in [1.29, 1.82) is 0 Å². The first kappa shape index (κ1) is 11.8. The first-order valence-corrected chi connectivity index (χ1v) is 6.80. The SMILES string of the molecule is O=C(NCC1(C(=O)O)CCC1)C1CC2C=CC1C2. The van der Waals surface area contributed by atoms with Crippen molar-refractivity contribution < 1.29 is 14.7 Å². The number of carboxylic acid groups (broad SMARTS) is 1. The second kappa shape index (κ2) is 4.11. The Kier molecular flexibility index (Phi) is 2.68. The molecule has 4 heteroatoms. The highest BCUT2D eigenvalue weighted by Crippen LogP contribution is 2.44. The van der Waals surface area contributed by atoms with E-state index in [0.29, 0.717) is 31.2 Å². The standard InChI is InChI=1S/C14H19NO3/c16-12(11-7-9-2-3-10(11)6-9)15-8-14(13(17)18)4-1-5-14/h2-3,9-11H,1,4-8H2,(H,15,16)(H,17,18). The maximum absolute atomic E-state index is 12.1. The van der Waals surface area contributed by atoms with Crippen molar-refractivity contribution in [3.63, 3.8) is 0 Å². The summed E-state index contributed by atoms with van der Waals surface area (Å²) in [6.07, 6.45) is 8.74. The van der Waals surface area contributed by atoms with Crippen LogP contribution in [0.15, 0.2) is 12.2 Å². The average Bonchev–Trinajstić information content (AvgIpc) is 2.88. The summed E-state index contributed by atoms with van der Waals surface area (Å²) in [5, 5.41) is 12.1. The molecule has 1 amide bonds. The number of allylic oxidation sites excluding steroid dienone is 2. The molecular weight excluding hydrogens is 230 g/mol. The third kappa shape index (κ3) is 1.74. The van der Waals surface area contributed by atoms with E-state index in [1.54, 1.807) is 0 Å². The molecule has 98 valence electrons. The first-order valence-electron chi connectivity index (χ1n) is 6.80. The summed E-state index contributed by atoms with van der Waals surface area (Å²) >= 11 is 0. The molecule has 2 N–H and O–H groups in total. The van der Waals surface area contributed by atoms with Crippen LogP contribution in [0.3, 0.4) is 0 Å². The Morgan fingerprint density at radius 1 is 1.28 bits per heavy atom. The molecule has 0 aromatic rings. The van der Waals surface area contributed by atoms with Gasteiger partial charge in [0.25, 0.3) is 0 Å². The fourth-order valence-corrected chi connectivity index (χ4v) is 3.54. The van der Waals surface area contributed by atoms with Crippen molar-refractivity contribution in [3.05, 3.63) is 12.2 Å². The van der Waals surface area contributed by atoms with Gasteiger partial charge in [0.2, 0.25) is 5.91 Å². The molecule has 0 saturated heterocycles. The van der Waals surface area contributed by atoms with Crippen LogP contribution < -0.4 is 5.32 Å². The van der Waals surface area contributed by atoms with Gasteiger partial charge in [-0.25, -0.2) is 0 Å². The fourth-order valence-electron chi connectivity index (χ4n) is 3.54. The van der Waals surface area contributed by atoms with Crippen LogP contribution in [0.25, 0.3) is 0 Å². The Hall–Kier alpha value is -1.32. The molecule has 3 rings (SSSR count). The summed E-state index contributed by atoms with van der Waals surface area (Å²) < 4.78 is 0. The molecule has 3 unspecified atom stereocenters. The van der Waals surface area contributed by atoms with E-state index in [0.717, 1.165) is 19.3 Å². The molecule has 0 aromatic heterocycles. The normalized spacial score (nSPS) is 35.2. The molecule has 4 nitrogen and oxygen atoms in total. The van der Waals surface area contributed by atoms with E-state index in [4.69, 9.17) is 0 Å². The van der Waals surface area contributed by atoms with Gasteiger partial charge in [-0.15, -0.1) is 0 Å². The van der Waals surface area contributed by atoms with Gasteiger partial charge in [-0.2, -0.15) is 0 Å². The summed E-state index contributed by atoms with van der Waals surface area (Å²) in [7, 11) is 0. The molecule has 0 aromatic carbocycles. The van der Waals surface area contributed by atoms with E-state index in [1.807, 2.05) is 0 Å². The Morgan fingerprint density at radius 3 is 2.50 bits per heavy atom.